The summed E-state index contributed by atoms with van der Waals surface area (Å²) in [7, 11) is 0. The van der Waals surface area contributed by atoms with Gasteiger partial charge in [0.2, 0.25) is 5.82 Å². The van der Waals surface area contributed by atoms with Crippen molar-refractivity contribution in [3.05, 3.63) is 35.5 Å². The molecule has 0 atom stereocenters. The van der Waals surface area contributed by atoms with E-state index in [4.69, 9.17) is 4.52 Å². The molecule has 2 aromatic rings. The molecule has 1 aromatic carbocycles. The van der Waals surface area contributed by atoms with E-state index in [1.807, 2.05) is 0 Å². The van der Waals surface area contributed by atoms with E-state index in [-0.39, 0.29) is 17.3 Å². The minimum absolute atomic E-state index is 0.0101. The monoisotopic (exact) mass is 299 g/mol. The van der Waals surface area contributed by atoms with Crippen molar-refractivity contribution in [3.8, 4) is 11.4 Å². The van der Waals surface area contributed by atoms with Gasteiger partial charge >= 0.3 is 0 Å². The fraction of sp³-hybridized carbons (Fsp3) is 0.385. The quantitative estimate of drug-likeness (QED) is 0.826. The Bertz CT molecular complexity index is 645. The average Bonchev–Trinajstić information content (AvgIpc) is 2.95. The number of nitrogens with one attached hydrogen (secondary N) is 1. The fourth-order valence-corrected chi connectivity index (χ4v) is 2.27. The smallest absolute Gasteiger partial charge is 0.259 e. The molecule has 1 aliphatic heterocycles. The number of halogens is 3. The summed E-state index contributed by atoms with van der Waals surface area (Å²) in [6.07, 6.45) is 0.779. The fourth-order valence-electron chi connectivity index (χ4n) is 2.27. The highest BCUT2D eigenvalue weighted by atomic mass is 19.2. The number of aromatic nitrogens is 2. The van der Waals surface area contributed by atoms with E-state index in [2.05, 4.69) is 15.5 Å². The van der Waals surface area contributed by atoms with Gasteiger partial charge in [-0.2, -0.15) is 4.98 Å². The lowest BCUT2D eigenvalue weighted by molar-refractivity contribution is -0.0228. The van der Waals surface area contributed by atoms with E-state index >= 15 is 0 Å². The Balaban J connectivity index is 1.95. The van der Waals surface area contributed by atoms with E-state index in [1.54, 1.807) is 0 Å². The summed E-state index contributed by atoms with van der Waals surface area (Å²) in [5.74, 6) is -4.34. The average molecular weight is 299 g/mol. The summed E-state index contributed by atoms with van der Waals surface area (Å²) in [6.45, 7) is 1.18. The number of benzene rings is 1. The standard InChI is InChI=1S/C13H12F3N3O2/c14-8-5-7(6-9(15)10(8)16)11-18-12(21-19-11)13(20)1-3-17-4-2-13/h5-6,17,20H,1-4H2. The molecule has 0 amide bonds. The second-order valence-electron chi connectivity index (χ2n) is 4.96. The third-order valence-corrected chi connectivity index (χ3v) is 3.50. The molecule has 1 aromatic heterocycles. The van der Waals surface area contributed by atoms with Gasteiger partial charge < -0.3 is 14.9 Å². The highest BCUT2D eigenvalue weighted by Gasteiger charge is 2.37. The SMILES string of the molecule is OC1(c2nc(-c3cc(F)c(F)c(F)c3)no2)CCNCC1. The van der Waals surface area contributed by atoms with Crippen molar-refractivity contribution < 1.29 is 22.8 Å². The molecule has 0 radical (unpaired) electrons. The molecule has 1 fully saturated rings. The molecule has 21 heavy (non-hydrogen) atoms. The molecule has 2 heterocycles. The maximum absolute atomic E-state index is 13.2. The first kappa shape index (κ1) is 14.0. The zero-order valence-electron chi connectivity index (χ0n) is 10.9. The van der Waals surface area contributed by atoms with Crippen molar-refractivity contribution in [3.63, 3.8) is 0 Å². The van der Waals surface area contributed by atoms with E-state index in [0.717, 1.165) is 12.1 Å². The molecule has 1 aliphatic rings. The minimum Gasteiger partial charge on any atom is -0.380 e. The lowest BCUT2D eigenvalue weighted by Gasteiger charge is -2.28. The van der Waals surface area contributed by atoms with Gasteiger partial charge in [-0.05, 0) is 38.1 Å². The second kappa shape index (κ2) is 5.12. The van der Waals surface area contributed by atoms with Gasteiger partial charge in [-0.1, -0.05) is 5.16 Å². The maximum Gasteiger partial charge on any atom is 0.259 e. The van der Waals surface area contributed by atoms with Gasteiger partial charge in [0.1, 0.15) is 5.60 Å². The summed E-state index contributed by atoms with van der Waals surface area (Å²) in [5, 5.41) is 17.1. The van der Waals surface area contributed by atoms with Crippen LogP contribution in [0.4, 0.5) is 13.2 Å². The zero-order valence-corrected chi connectivity index (χ0v) is 10.9. The van der Waals surface area contributed by atoms with Crippen molar-refractivity contribution in [1.82, 2.24) is 15.5 Å². The van der Waals surface area contributed by atoms with E-state index in [1.165, 1.54) is 0 Å². The van der Waals surface area contributed by atoms with Gasteiger partial charge in [0, 0.05) is 5.56 Å². The molecule has 112 valence electrons. The first-order chi connectivity index (χ1) is 9.99. The van der Waals surface area contributed by atoms with Gasteiger partial charge in [-0.15, -0.1) is 0 Å². The van der Waals surface area contributed by atoms with Crippen molar-refractivity contribution >= 4 is 0 Å². The normalized spacial score (nSPS) is 17.9. The van der Waals surface area contributed by atoms with Crippen molar-refractivity contribution in [2.75, 3.05) is 13.1 Å². The van der Waals surface area contributed by atoms with Gasteiger partial charge in [0.25, 0.3) is 5.89 Å². The third kappa shape index (κ3) is 2.52. The minimum atomic E-state index is -1.56. The predicted octanol–water partition coefficient (Wildman–Crippen LogP) is 1.72. The highest BCUT2D eigenvalue weighted by molar-refractivity contribution is 5.54. The van der Waals surface area contributed by atoms with Crippen LogP contribution in [0.2, 0.25) is 0 Å². The van der Waals surface area contributed by atoms with Crippen LogP contribution in [0.5, 0.6) is 0 Å². The van der Waals surface area contributed by atoms with Crippen molar-refractivity contribution in [2.45, 2.75) is 18.4 Å². The van der Waals surface area contributed by atoms with Crippen LogP contribution >= 0.6 is 0 Å². The van der Waals surface area contributed by atoms with Gasteiger partial charge in [-0.25, -0.2) is 13.2 Å². The Morgan fingerprint density at radius 3 is 2.38 bits per heavy atom. The second-order valence-corrected chi connectivity index (χ2v) is 4.96. The summed E-state index contributed by atoms with van der Waals surface area (Å²) >= 11 is 0. The first-order valence-corrected chi connectivity index (χ1v) is 6.42. The van der Waals surface area contributed by atoms with Crippen LogP contribution in [0, 0.1) is 17.5 Å². The Hall–Kier alpha value is -1.93. The molecule has 3 rings (SSSR count). The number of hydrogen-bond acceptors (Lipinski definition) is 5. The van der Waals surface area contributed by atoms with Crippen molar-refractivity contribution in [2.24, 2.45) is 0 Å². The molecule has 8 heteroatoms. The van der Waals surface area contributed by atoms with Crippen LogP contribution in [0.3, 0.4) is 0 Å². The Labute approximate surface area is 117 Å². The summed E-state index contributed by atoms with van der Waals surface area (Å²) in [6, 6.07) is 1.55. The number of aliphatic hydroxyl groups is 1. The van der Waals surface area contributed by atoms with Crippen LogP contribution in [-0.4, -0.2) is 28.3 Å². The van der Waals surface area contributed by atoms with E-state index in [0.29, 0.717) is 25.9 Å². The van der Waals surface area contributed by atoms with E-state index < -0.39 is 23.1 Å². The molecule has 2 N–H and O–H groups in total. The maximum atomic E-state index is 13.2. The molecule has 5 nitrogen and oxygen atoms in total. The summed E-state index contributed by atoms with van der Waals surface area (Å²) < 4.78 is 44.3. The van der Waals surface area contributed by atoms with Crippen molar-refractivity contribution in [1.29, 1.82) is 0 Å². The van der Waals surface area contributed by atoms with Gasteiger partial charge in [0.15, 0.2) is 17.5 Å². The molecular weight excluding hydrogens is 287 g/mol. The summed E-state index contributed by atoms with van der Waals surface area (Å²) in [5.41, 5.74) is -1.31. The van der Waals surface area contributed by atoms with Crippen LogP contribution in [0.15, 0.2) is 16.7 Å². The number of nitrogens with zero attached hydrogens (tertiary/aromatic N) is 2. The first-order valence-electron chi connectivity index (χ1n) is 6.42. The van der Waals surface area contributed by atoms with E-state index in [9.17, 15) is 18.3 Å². The van der Waals surface area contributed by atoms with Crippen LogP contribution in [-0.2, 0) is 5.60 Å². The Morgan fingerprint density at radius 1 is 1.14 bits per heavy atom. The molecule has 0 spiro atoms. The number of rotatable bonds is 2. The van der Waals surface area contributed by atoms with Gasteiger partial charge in [-0.3, -0.25) is 0 Å². The summed E-state index contributed by atoms with van der Waals surface area (Å²) in [4.78, 5) is 3.98. The third-order valence-electron chi connectivity index (χ3n) is 3.50. The highest BCUT2D eigenvalue weighted by Crippen LogP contribution is 2.31. The van der Waals surface area contributed by atoms with Crippen LogP contribution in [0.1, 0.15) is 18.7 Å². The topological polar surface area (TPSA) is 71.2 Å². The molecule has 0 bridgehead atoms. The number of piperidine rings is 1. The van der Waals surface area contributed by atoms with Gasteiger partial charge in [0.05, 0.1) is 0 Å². The largest absolute Gasteiger partial charge is 0.380 e. The number of hydrogen-bond donors (Lipinski definition) is 2. The lowest BCUT2D eigenvalue weighted by atomic mass is 9.92. The van der Waals surface area contributed by atoms with Crippen LogP contribution in [0.25, 0.3) is 11.4 Å². The molecule has 0 aliphatic carbocycles. The molecule has 0 saturated carbocycles. The molecule has 1 saturated heterocycles. The molecular formula is C13H12F3N3O2. The molecule has 0 unspecified atom stereocenters. The van der Waals surface area contributed by atoms with Crippen LogP contribution < -0.4 is 5.32 Å². The zero-order chi connectivity index (χ0) is 15.0. The predicted molar refractivity (Wildman–Crippen MR) is 65.6 cm³/mol. The Kier molecular flexibility index (Phi) is 3.42. The Morgan fingerprint density at radius 2 is 1.76 bits per heavy atom. The lowest BCUT2D eigenvalue weighted by Crippen LogP contribution is -2.39.